The molecule has 21 heavy (non-hydrogen) atoms. The van der Waals surface area contributed by atoms with Crippen LogP contribution < -0.4 is 11.1 Å². The van der Waals surface area contributed by atoms with Gasteiger partial charge < -0.3 is 16.0 Å². The highest BCUT2D eigenvalue weighted by atomic mass is 16.2. The highest BCUT2D eigenvalue weighted by Gasteiger charge is 2.52. The summed E-state index contributed by atoms with van der Waals surface area (Å²) < 4.78 is 0. The summed E-state index contributed by atoms with van der Waals surface area (Å²) in [6, 6.07) is -0.419. The van der Waals surface area contributed by atoms with Crippen molar-refractivity contribution in [2.75, 3.05) is 26.2 Å². The van der Waals surface area contributed by atoms with E-state index in [-0.39, 0.29) is 18.0 Å². The molecular weight excluding hydrogens is 268 g/mol. The third kappa shape index (κ3) is 3.37. The number of piperidine rings is 1. The Morgan fingerprint density at radius 2 is 1.86 bits per heavy atom. The van der Waals surface area contributed by atoms with Gasteiger partial charge in [0.25, 0.3) is 5.91 Å². The second-order valence-electron chi connectivity index (χ2n) is 6.79. The lowest BCUT2D eigenvalue weighted by atomic mass is 9.87. The average molecular weight is 296 g/mol. The maximum absolute atomic E-state index is 12.6. The Morgan fingerprint density at radius 1 is 1.24 bits per heavy atom. The SMILES string of the molecule is CCC(N)CN1C(=O)NC2(CCN(CC(C)C)CC2)C1=O. The number of carbonyl (C=O) groups is 2. The van der Waals surface area contributed by atoms with Crippen LogP contribution in [0.1, 0.15) is 40.0 Å². The number of nitrogens with one attached hydrogen (secondary N) is 1. The zero-order valence-electron chi connectivity index (χ0n) is 13.4. The van der Waals surface area contributed by atoms with Crippen molar-refractivity contribution in [1.82, 2.24) is 15.1 Å². The zero-order valence-corrected chi connectivity index (χ0v) is 13.4. The summed E-state index contributed by atoms with van der Waals surface area (Å²) in [6.07, 6.45) is 2.15. The van der Waals surface area contributed by atoms with E-state index < -0.39 is 5.54 Å². The molecule has 6 heteroatoms. The van der Waals surface area contributed by atoms with Crippen LogP contribution in [0, 0.1) is 5.92 Å². The van der Waals surface area contributed by atoms with Crippen LogP contribution in [0.5, 0.6) is 0 Å². The number of imide groups is 1. The average Bonchev–Trinajstić information content (AvgIpc) is 2.65. The molecule has 0 aromatic heterocycles. The van der Waals surface area contributed by atoms with Crippen LogP contribution in [0.4, 0.5) is 4.79 Å². The summed E-state index contributed by atoms with van der Waals surface area (Å²) in [5.41, 5.74) is 5.21. The predicted molar refractivity (Wildman–Crippen MR) is 81.8 cm³/mol. The second kappa shape index (κ2) is 6.32. The van der Waals surface area contributed by atoms with Crippen molar-refractivity contribution < 1.29 is 9.59 Å². The maximum Gasteiger partial charge on any atom is 0.325 e. The van der Waals surface area contributed by atoms with Crippen LogP contribution in [0.25, 0.3) is 0 Å². The third-order valence-corrected chi connectivity index (χ3v) is 4.52. The monoisotopic (exact) mass is 296 g/mol. The summed E-state index contributed by atoms with van der Waals surface area (Å²) in [6.45, 7) is 9.43. The quantitative estimate of drug-likeness (QED) is 0.734. The number of amides is 3. The first kappa shape index (κ1) is 16.2. The van der Waals surface area contributed by atoms with Gasteiger partial charge in [-0.2, -0.15) is 0 Å². The van der Waals surface area contributed by atoms with E-state index in [2.05, 4.69) is 24.1 Å². The van der Waals surface area contributed by atoms with E-state index in [0.29, 0.717) is 25.3 Å². The minimum absolute atomic E-state index is 0.0828. The second-order valence-corrected chi connectivity index (χ2v) is 6.79. The molecule has 0 saturated carbocycles. The van der Waals surface area contributed by atoms with Crippen molar-refractivity contribution in [2.45, 2.75) is 51.6 Å². The minimum atomic E-state index is -0.683. The molecule has 2 aliphatic heterocycles. The van der Waals surface area contributed by atoms with Crippen LogP contribution in [-0.4, -0.2) is 59.5 Å². The molecule has 1 atom stereocenters. The van der Waals surface area contributed by atoms with Gasteiger partial charge in [0.1, 0.15) is 5.54 Å². The fourth-order valence-corrected chi connectivity index (χ4v) is 3.18. The molecule has 2 heterocycles. The van der Waals surface area contributed by atoms with Gasteiger partial charge in [0.15, 0.2) is 0 Å². The molecule has 0 aliphatic carbocycles. The van der Waals surface area contributed by atoms with Gasteiger partial charge in [-0.1, -0.05) is 20.8 Å². The van der Waals surface area contributed by atoms with Crippen molar-refractivity contribution in [1.29, 1.82) is 0 Å². The Kier molecular flexibility index (Phi) is 4.88. The minimum Gasteiger partial charge on any atom is -0.326 e. The normalized spacial score (nSPS) is 24.0. The molecule has 1 spiro atoms. The topological polar surface area (TPSA) is 78.7 Å². The lowest BCUT2D eigenvalue weighted by Crippen LogP contribution is -2.55. The third-order valence-electron chi connectivity index (χ3n) is 4.52. The predicted octanol–water partition coefficient (Wildman–Crippen LogP) is 0.766. The first-order valence-electron chi connectivity index (χ1n) is 8.00. The summed E-state index contributed by atoms with van der Waals surface area (Å²) in [5.74, 6) is 0.535. The van der Waals surface area contributed by atoms with E-state index in [1.54, 1.807) is 0 Å². The molecule has 0 aromatic rings. The molecule has 2 saturated heterocycles. The number of hydrogen-bond donors (Lipinski definition) is 2. The molecule has 2 rings (SSSR count). The van der Waals surface area contributed by atoms with Gasteiger partial charge in [-0.25, -0.2) is 4.79 Å². The molecule has 0 bridgehead atoms. The Labute approximate surface area is 127 Å². The molecule has 2 aliphatic rings. The van der Waals surface area contributed by atoms with Crippen LogP contribution in [0.15, 0.2) is 0 Å². The van der Waals surface area contributed by atoms with Crippen LogP contribution in [-0.2, 0) is 4.79 Å². The van der Waals surface area contributed by atoms with Gasteiger partial charge in [0.2, 0.25) is 0 Å². The molecule has 2 fully saturated rings. The standard InChI is InChI=1S/C15H28N4O2/c1-4-12(16)10-19-13(20)15(17-14(19)21)5-7-18(8-6-15)9-11(2)3/h11-12H,4-10,16H2,1-3H3,(H,17,21). The number of likely N-dealkylation sites (tertiary alicyclic amines) is 1. The van der Waals surface area contributed by atoms with Crippen LogP contribution in [0.2, 0.25) is 0 Å². The van der Waals surface area contributed by atoms with Crippen molar-refractivity contribution in [3.05, 3.63) is 0 Å². The summed E-state index contributed by atoms with van der Waals surface area (Å²) in [7, 11) is 0. The van der Waals surface area contributed by atoms with E-state index in [0.717, 1.165) is 26.1 Å². The van der Waals surface area contributed by atoms with E-state index in [9.17, 15) is 9.59 Å². The van der Waals surface area contributed by atoms with Gasteiger partial charge in [-0.15, -0.1) is 0 Å². The van der Waals surface area contributed by atoms with Crippen molar-refractivity contribution in [3.63, 3.8) is 0 Å². The number of urea groups is 1. The van der Waals surface area contributed by atoms with E-state index in [4.69, 9.17) is 5.73 Å². The Balaban J connectivity index is 1.99. The summed E-state index contributed by atoms with van der Waals surface area (Å²) in [5, 5.41) is 2.93. The summed E-state index contributed by atoms with van der Waals surface area (Å²) >= 11 is 0. The van der Waals surface area contributed by atoms with Crippen LogP contribution in [0.3, 0.4) is 0 Å². The molecule has 0 aromatic carbocycles. The highest BCUT2D eigenvalue weighted by Crippen LogP contribution is 2.29. The van der Waals surface area contributed by atoms with Gasteiger partial charge in [-0.3, -0.25) is 9.69 Å². The number of nitrogens with zero attached hydrogens (tertiary/aromatic N) is 2. The molecular formula is C15H28N4O2. The number of nitrogens with two attached hydrogens (primary N) is 1. The molecule has 3 amide bonds. The Bertz CT molecular complexity index is 402. The number of hydrogen-bond acceptors (Lipinski definition) is 4. The van der Waals surface area contributed by atoms with Gasteiger partial charge >= 0.3 is 6.03 Å². The smallest absolute Gasteiger partial charge is 0.325 e. The van der Waals surface area contributed by atoms with E-state index in [1.165, 1.54) is 4.90 Å². The molecule has 3 N–H and O–H groups in total. The lowest BCUT2D eigenvalue weighted by Gasteiger charge is -2.38. The first-order valence-corrected chi connectivity index (χ1v) is 8.00. The largest absolute Gasteiger partial charge is 0.326 e. The van der Waals surface area contributed by atoms with E-state index in [1.807, 2.05) is 6.92 Å². The van der Waals surface area contributed by atoms with Gasteiger partial charge in [0.05, 0.1) is 0 Å². The van der Waals surface area contributed by atoms with E-state index >= 15 is 0 Å². The fraction of sp³-hybridized carbons (Fsp3) is 0.867. The first-order chi connectivity index (χ1) is 9.88. The molecule has 120 valence electrons. The number of carbonyl (C=O) groups excluding carboxylic acids is 2. The maximum atomic E-state index is 12.6. The summed E-state index contributed by atoms with van der Waals surface area (Å²) in [4.78, 5) is 28.4. The number of rotatable bonds is 5. The lowest BCUT2D eigenvalue weighted by molar-refractivity contribution is -0.133. The van der Waals surface area contributed by atoms with Crippen molar-refractivity contribution >= 4 is 11.9 Å². The fourth-order valence-electron chi connectivity index (χ4n) is 3.18. The van der Waals surface area contributed by atoms with Crippen molar-refractivity contribution in [3.8, 4) is 0 Å². The Hall–Kier alpha value is -1.14. The molecule has 0 radical (unpaired) electrons. The molecule has 1 unspecified atom stereocenters. The zero-order chi connectivity index (χ0) is 15.6. The van der Waals surface area contributed by atoms with Gasteiger partial charge in [-0.05, 0) is 25.2 Å². The van der Waals surface area contributed by atoms with Crippen LogP contribution >= 0.6 is 0 Å². The molecule has 6 nitrogen and oxygen atoms in total. The van der Waals surface area contributed by atoms with Crippen molar-refractivity contribution in [2.24, 2.45) is 11.7 Å². The van der Waals surface area contributed by atoms with Gasteiger partial charge in [0, 0.05) is 32.2 Å². The Morgan fingerprint density at radius 3 is 2.38 bits per heavy atom. The highest BCUT2D eigenvalue weighted by molar-refractivity contribution is 6.07.